The van der Waals surface area contributed by atoms with Crippen LogP contribution in [0, 0.1) is 0 Å². The summed E-state index contributed by atoms with van der Waals surface area (Å²) in [5, 5.41) is 15.3. The molecular weight excluding hydrogens is 118 g/mol. The second-order valence-electron chi connectivity index (χ2n) is 1.79. The molecule has 1 heterocycles. The van der Waals surface area contributed by atoms with Crippen LogP contribution in [0.1, 0.15) is 25.3 Å². The lowest BCUT2D eigenvalue weighted by Gasteiger charge is -1.99. The van der Waals surface area contributed by atoms with Crippen LogP contribution in [-0.2, 0) is 0 Å². The van der Waals surface area contributed by atoms with E-state index in [2.05, 4.69) is 15.2 Å². The Kier molecular flexibility index (Phi) is 1.79. The molecule has 4 nitrogen and oxygen atoms in total. The summed E-state index contributed by atoms with van der Waals surface area (Å²) in [7, 11) is 0. The molecule has 0 aliphatic heterocycles. The van der Waals surface area contributed by atoms with Gasteiger partial charge in [0.1, 0.15) is 12.4 Å². The molecule has 0 saturated carbocycles. The lowest BCUT2D eigenvalue weighted by atomic mass is 10.3. The Bertz CT molecular complexity index is 161. The van der Waals surface area contributed by atoms with E-state index < -0.39 is 6.10 Å². The van der Waals surface area contributed by atoms with Gasteiger partial charge in [-0.25, -0.2) is 4.98 Å². The number of H-pyrrole nitrogens is 1. The van der Waals surface area contributed by atoms with E-state index in [1.165, 1.54) is 6.33 Å². The van der Waals surface area contributed by atoms with Crippen molar-refractivity contribution in [2.45, 2.75) is 19.4 Å². The summed E-state index contributed by atoms with van der Waals surface area (Å²) in [5.74, 6) is 0.539. The highest BCUT2D eigenvalue weighted by Crippen LogP contribution is 2.07. The van der Waals surface area contributed by atoms with Gasteiger partial charge >= 0.3 is 0 Å². The van der Waals surface area contributed by atoms with Crippen LogP contribution in [-0.4, -0.2) is 20.3 Å². The molecule has 0 aliphatic rings. The third-order valence-electron chi connectivity index (χ3n) is 1.14. The van der Waals surface area contributed by atoms with Gasteiger partial charge < -0.3 is 5.11 Å². The van der Waals surface area contributed by atoms with Crippen molar-refractivity contribution in [1.29, 1.82) is 0 Å². The van der Waals surface area contributed by atoms with Crippen molar-refractivity contribution in [3.63, 3.8) is 0 Å². The molecule has 1 aromatic heterocycles. The fourth-order valence-electron chi connectivity index (χ4n) is 0.569. The molecule has 0 amide bonds. The maximum Gasteiger partial charge on any atom is 0.153 e. The Morgan fingerprint density at radius 3 is 3.11 bits per heavy atom. The van der Waals surface area contributed by atoms with E-state index in [4.69, 9.17) is 5.11 Å². The molecule has 0 radical (unpaired) electrons. The van der Waals surface area contributed by atoms with Crippen molar-refractivity contribution in [3.8, 4) is 0 Å². The van der Waals surface area contributed by atoms with E-state index in [1.54, 1.807) is 0 Å². The molecule has 0 fully saturated rings. The van der Waals surface area contributed by atoms with Crippen LogP contribution in [0.25, 0.3) is 0 Å². The fourth-order valence-corrected chi connectivity index (χ4v) is 0.569. The number of hydrogen-bond acceptors (Lipinski definition) is 3. The van der Waals surface area contributed by atoms with Gasteiger partial charge in [-0.3, -0.25) is 5.10 Å². The zero-order valence-electron chi connectivity index (χ0n) is 5.20. The first-order valence-electron chi connectivity index (χ1n) is 2.88. The zero-order valence-corrected chi connectivity index (χ0v) is 5.20. The summed E-state index contributed by atoms with van der Waals surface area (Å²) >= 11 is 0. The minimum atomic E-state index is -0.493. The van der Waals surface area contributed by atoms with Crippen molar-refractivity contribution in [3.05, 3.63) is 12.2 Å². The van der Waals surface area contributed by atoms with Gasteiger partial charge in [-0.2, -0.15) is 5.10 Å². The molecule has 1 unspecified atom stereocenters. The molecule has 1 aromatic rings. The maximum atomic E-state index is 9.08. The Morgan fingerprint density at radius 2 is 2.67 bits per heavy atom. The molecule has 2 N–H and O–H groups in total. The third kappa shape index (κ3) is 1.26. The minimum Gasteiger partial charge on any atom is -0.385 e. The van der Waals surface area contributed by atoms with Gasteiger partial charge in [-0.1, -0.05) is 6.92 Å². The Labute approximate surface area is 52.9 Å². The third-order valence-corrected chi connectivity index (χ3v) is 1.14. The van der Waals surface area contributed by atoms with E-state index in [-0.39, 0.29) is 0 Å². The van der Waals surface area contributed by atoms with Crippen LogP contribution in [0.4, 0.5) is 0 Å². The van der Waals surface area contributed by atoms with Gasteiger partial charge in [0.15, 0.2) is 5.82 Å². The van der Waals surface area contributed by atoms with Gasteiger partial charge in [-0.05, 0) is 6.42 Å². The van der Waals surface area contributed by atoms with Crippen LogP contribution in [0.15, 0.2) is 6.33 Å². The van der Waals surface area contributed by atoms with Gasteiger partial charge in [0, 0.05) is 0 Å². The Balaban J connectivity index is 2.65. The largest absolute Gasteiger partial charge is 0.385 e. The number of aliphatic hydroxyl groups excluding tert-OH is 1. The number of aromatic amines is 1. The average molecular weight is 127 g/mol. The standard InChI is InChI=1S/C5H9N3O/c1-2-4(9)5-6-3-7-8-5/h3-4,9H,2H2,1H3,(H,6,7,8). The molecule has 1 rings (SSSR count). The van der Waals surface area contributed by atoms with Gasteiger partial charge in [-0.15, -0.1) is 0 Å². The van der Waals surface area contributed by atoms with E-state index in [9.17, 15) is 0 Å². The predicted octanol–water partition coefficient (Wildman–Crippen LogP) is 0.248. The van der Waals surface area contributed by atoms with Crippen LogP contribution in [0.2, 0.25) is 0 Å². The quantitative estimate of drug-likeness (QED) is 0.598. The summed E-state index contributed by atoms with van der Waals surface area (Å²) in [4.78, 5) is 3.77. The summed E-state index contributed by atoms with van der Waals surface area (Å²) in [6.07, 6.45) is 1.55. The summed E-state index contributed by atoms with van der Waals surface area (Å²) < 4.78 is 0. The normalized spacial score (nSPS) is 13.6. The summed E-state index contributed by atoms with van der Waals surface area (Å²) in [6.45, 7) is 1.88. The molecule has 0 spiro atoms. The Morgan fingerprint density at radius 1 is 1.89 bits per heavy atom. The second kappa shape index (κ2) is 2.59. The first kappa shape index (κ1) is 6.22. The predicted molar refractivity (Wildman–Crippen MR) is 31.6 cm³/mol. The number of rotatable bonds is 2. The molecule has 4 heteroatoms. The van der Waals surface area contributed by atoms with Gasteiger partial charge in [0.2, 0.25) is 0 Å². The van der Waals surface area contributed by atoms with Crippen molar-refractivity contribution in [2.24, 2.45) is 0 Å². The SMILES string of the molecule is CCC(O)c1ncn[nH]1. The highest BCUT2D eigenvalue weighted by Gasteiger charge is 2.05. The molecule has 1 atom stereocenters. The number of aliphatic hydroxyl groups is 1. The van der Waals surface area contributed by atoms with Gasteiger partial charge in [0.05, 0.1) is 0 Å². The van der Waals surface area contributed by atoms with Gasteiger partial charge in [0.25, 0.3) is 0 Å². The molecule has 0 saturated heterocycles. The molecule has 0 bridgehead atoms. The lowest BCUT2D eigenvalue weighted by molar-refractivity contribution is 0.164. The molecule has 0 aliphatic carbocycles. The van der Waals surface area contributed by atoms with E-state index >= 15 is 0 Å². The van der Waals surface area contributed by atoms with Crippen LogP contribution in [0.5, 0.6) is 0 Å². The van der Waals surface area contributed by atoms with E-state index in [0.29, 0.717) is 12.2 Å². The number of aromatic nitrogens is 3. The smallest absolute Gasteiger partial charge is 0.153 e. The second-order valence-corrected chi connectivity index (χ2v) is 1.79. The fraction of sp³-hybridized carbons (Fsp3) is 0.600. The monoisotopic (exact) mass is 127 g/mol. The van der Waals surface area contributed by atoms with Crippen molar-refractivity contribution >= 4 is 0 Å². The highest BCUT2D eigenvalue weighted by molar-refractivity contribution is 4.84. The average Bonchev–Trinajstić information content (AvgIpc) is 2.37. The first-order valence-corrected chi connectivity index (χ1v) is 2.88. The highest BCUT2D eigenvalue weighted by atomic mass is 16.3. The minimum absolute atomic E-state index is 0.493. The molecule has 50 valence electrons. The number of hydrogen-bond donors (Lipinski definition) is 2. The van der Waals surface area contributed by atoms with Crippen LogP contribution >= 0.6 is 0 Å². The topological polar surface area (TPSA) is 61.8 Å². The Hall–Kier alpha value is -0.900. The summed E-state index contributed by atoms with van der Waals surface area (Å²) in [6, 6.07) is 0. The summed E-state index contributed by atoms with van der Waals surface area (Å²) in [5.41, 5.74) is 0. The van der Waals surface area contributed by atoms with Crippen molar-refractivity contribution < 1.29 is 5.11 Å². The van der Waals surface area contributed by atoms with Crippen molar-refractivity contribution in [2.75, 3.05) is 0 Å². The first-order chi connectivity index (χ1) is 4.34. The maximum absolute atomic E-state index is 9.08. The van der Waals surface area contributed by atoms with E-state index in [0.717, 1.165) is 0 Å². The molecule has 0 aromatic carbocycles. The number of nitrogens with zero attached hydrogens (tertiary/aromatic N) is 2. The molecular formula is C5H9N3O. The van der Waals surface area contributed by atoms with Crippen LogP contribution < -0.4 is 0 Å². The van der Waals surface area contributed by atoms with Crippen molar-refractivity contribution in [1.82, 2.24) is 15.2 Å². The van der Waals surface area contributed by atoms with E-state index in [1.807, 2.05) is 6.92 Å². The lowest BCUT2D eigenvalue weighted by Crippen LogP contribution is -1.96. The zero-order chi connectivity index (χ0) is 6.69. The number of nitrogens with one attached hydrogen (secondary N) is 1. The molecule has 9 heavy (non-hydrogen) atoms. The van der Waals surface area contributed by atoms with Crippen LogP contribution in [0.3, 0.4) is 0 Å².